The third kappa shape index (κ3) is 2.70. The molecule has 98 valence electrons. The smallest absolute Gasteiger partial charge is 0.218 e. The highest BCUT2D eigenvalue weighted by molar-refractivity contribution is 7.91. The van der Waals surface area contributed by atoms with Crippen LogP contribution in [0.25, 0.3) is 0 Å². The molecule has 0 saturated heterocycles. The van der Waals surface area contributed by atoms with Crippen LogP contribution in [-0.4, -0.2) is 26.6 Å². The van der Waals surface area contributed by atoms with Crippen LogP contribution in [-0.2, 0) is 14.6 Å². The van der Waals surface area contributed by atoms with Crippen molar-refractivity contribution in [3.05, 3.63) is 29.8 Å². The molecule has 0 spiro atoms. The number of rotatable bonds is 4. The fraction of sp³-hybridized carbons (Fsp3) is 0.417. The van der Waals surface area contributed by atoms with Crippen LogP contribution in [0.3, 0.4) is 0 Å². The van der Waals surface area contributed by atoms with Crippen LogP contribution in [0.5, 0.6) is 0 Å². The average molecular weight is 268 g/mol. The molecule has 1 aromatic rings. The minimum Gasteiger partial charge on any atom is -0.370 e. The summed E-state index contributed by atoms with van der Waals surface area (Å²) in [5.74, 6) is -0.225. The van der Waals surface area contributed by atoms with Gasteiger partial charge in [0.2, 0.25) is 5.91 Å². The summed E-state index contributed by atoms with van der Waals surface area (Å²) in [6, 6.07) is 6.97. The predicted molar refractivity (Wildman–Crippen MR) is 67.7 cm³/mol. The molecule has 3 N–H and O–H groups in total. The lowest BCUT2D eigenvalue weighted by Crippen LogP contribution is -2.31. The van der Waals surface area contributed by atoms with Crippen LogP contribution in [0.15, 0.2) is 29.2 Å². The van der Waals surface area contributed by atoms with Crippen molar-refractivity contribution < 1.29 is 13.2 Å². The summed E-state index contributed by atoms with van der Waals surface area (Å²) in [6.07, 6.45) is 0.781. The number of carbonyl (C=O) groups is 1. The van der Waals surface area contributed by atoms with E-state index in [2.05, 4.69) is 5.32 Å². The number of fused-ring (bicyclic) bond motifs is 1. The van der Waals surface area contributed by atoms with Gasteiger partial charge in [-0.05, 0) is 18.1 Å². The van der Waals surface area contributed by atoms with E-state index in [0.717, 1.165) is 5.56 Å². The van der Waals surface area contributed by atoms with Gasteiger partial charge in [-0.3, -0.25) is 4.79 Å². The number of primary amides is 1. The van der Waals surface area contributed by atoms with Gasteiger partial charge in [-0.15, -0.1) is 0 Å². The van der Waals surface area contributed by atoms with Crippen molar-refractivity contribution >= 4 is 15.7 Å². The molecule has 1 atom stereocenters. The standard InChI is InChI=1S/C12H16N2O3S/c13-12(15)5-7-14-10-6-8-18(16,17)11-4-2-1-3-9(10)11/h1-4,10,14H,5-8H2,(H2,13,15). The van der Waals surface area contributed by atoms with Gasteiger partial charge in [0.25, 0.3) is 0 Å². The zero-order valence-electron chi connectivity index (χ0n) is 9.93. The Morgan fingerprint density at radius 2 is 2.11 bits per heavy atom. The second kappa shape index (κ2) is 5.07. The van der Waals surface area contributed by atoms with Crippen LogP contribution < -0.4 is 11.1 Å². The highest BCUT2D eigenvalue weighted by atomic mass is 32.2. The lowest BCUT2D eigenvalue weighted by Gasteiger charge is -2.26. The van der Waals surface area contributed by atoms with Crippen molar-refractivity contribution in [2.75, 3.05) is 12.3 Å². The number of amides is 1. The van der Waals surface area contributed by atoms with Gasteiger partial charge in [-0.1, -0.05) is 18.2 Å². The maximum absolute atomic E-state index is 11.9. The molecule has 1 aromatic carbocycles. The number of nitrogens with one attached hydrogen (secondary N) is 1. The molecule has 0 aromatic heterocycles. The second-order valence-electron chi connectivity index (χ2n) is 4.37. The third-order valence-electron chi connectivity index (χ3n) is 3.07. The largest absolute Gasteiger partial charge is 0.370 e. The molecule has 1 aliphatic heterocycles. The Labute approximate surface area is 106 Å². The van der Waals surface area contributed by atoms with Crippen LogP contribution in [0, 0.1) is 0 Å². The van der Waals surface area contributed by atoms with Crippen molar-refractivity contribution in [2.45, 2.75) is 23.8 Å². The minimum atomic E-state index is -3.15. The molecule has 6 heteroatoms. The van der Waals surface area contributed by atoms with Crippen molar-refractivity contribution in [3.8, 4) is 0 Å². The van der Waals surface area contributed by atoms with E-state index < -0.39 is 9.84 Å². The molecule has 0 bridgehead atoms. The monoisotopic (exact) mass is 268 g/mol. The zero-order chi connectivity index (χ0) is 13.2. The van der Waals surface area contributed by atoms with E-state index in [1.54, 1.807) is 12.1 Å². The Morgan fingerprint density at radius 3 is 2.83 bits per heavy atom. The first-order valence-corrected chi connectivity index (χ1v) is 7.49. The molecule has 0 radical (unpaired) electrons. The molecule has 0 aliphatic carbocycles. The number of hydrogen-bond donors (Lipinski definition) is 2. The first-order chi connectivity index (χ1) is 8.50. The Morgan fingerprint density at radius 1 is 1.39 bits per heavy atom. The van der Waals surface area contributed by atoms with Crippen molar-refractivity contribution in [1.82, 2.24) is 5.32 Å². The van der Waals surface area contributed by atoms with E-state index in [1.165, 1.54) is 0 Å². The minimum absolute atomic E-state index is 0.0240. The SMILES string of the molecule is NC(=O)CCNC1CCS(=O)(=O)c2ccccc21. The lowest BCUT2D eigenvalue weighted by atomic mass is 10.0. The summed E-state index contributed by atoms with van der Waals surface area (Å²) in [7, 11) is -3.15. The van der Waals surface area contributed by atoms with E-state index in [4.69, 9.17) is 5.73 Å². The molecule has 1 amide bonds. The van der Waals surface area contributed by atoms with Crippen molar-refractivity contribution in [2.24, 2.45) is 5.73 Å². The molecule has 0 saturated carbocycles. The number of hydrogen-bond acceptors (Lipinski definition) is 4. The average Bonchev–Trinajstić information content (AvgIpc) is 2.32. The fourth-order valence-corrected chi connectivity index (χ4v) is 3.79. The number of carbonyl (C=O) groups excluding carboxylic acids is 1. The molecular weight excluding hydrogens is 252 g/mol. The Bertz CT molecular complexity index is 554. The van der Waals surface area contributed by atoms with Gasteiger partial charge in [-0.2, -0.15) is 0 Å². The highest BCUT2D eigenvalue weighted by Gasteiger charge is 2.29. The second-order valence-corrected chi connectivity index (χ2v) is 6.45. The van der Waals surface area contributed by atoms with Crippen molar-refractivity contribution in [1.29, 1.82) is 0 Å². The first kappa shape index (κ1) is 13.0. The van der Waals surface area contributed by atoms with E-state index in [1.807, 2.05) is 12.1 Å². The van der Waals surface area contributed by atoms with Gasteiger partial charge in [0.05, 0.1) is 10.6 Å². The predicted octanol–water partition coefficient (Wildman–Crippen LogP) is 0.370. The Kier molecular flexibility index (Phi) is 3.68. The number of sulfone groups is 1. The molecule has 5 nitrogen and oxygen atoms in total. The summed E-state index contributed by atoms with van der Waals surface area (Å²) in [5.41, 5.74) is 5.86. The molecule has 18 heavy (non-hydrogen) atoms. The summed E-state index contributed by atoms with van der Waals surface area (Å²) in [5, 5.41) is 3.18. The Balaban J connectivity index is 2.18. The molecule has 1 unspecified atom stereocenters. The normalized spacial score (nSPS) is 21.2. The third-order valence-corrected chi connectivity index (χ3v) is 4.88. The number of nitrogens with two attached hydrogens (primary N) is 1. The van der Waals surface area contributed by atoms with Crippen molar-refractivity contribution in [3.63, 3.8) is 0 Å². The van der Waals surface area contributed by atoms with Crippen LogP contribution in [0.1, 0.15) is 24.4 Å². The molecule has 1 heterocycles. The van der Waals surface area contributed by atoms with Crippen LogP contribution >= 0.6 is 0 Å². The zero-order valence-corrected chi connectivity index (χ0v) is 10.7. The lowest BCUT2D eigenvalue weighted by molar-refractivity contribution is -0.117. The first-order valence-electron chi connectivity index (χ1n) is 5.84. The summed E-state index contributed by atoms with van der Waals surface area (Å²) in [4.78, 5) is 11.1. The van der Waals surface area contributed by atoms with Crippen LogP contribution in [0.2, 0.25) is 0 Å². The van der Waals surface area contributed by atoms with E-state index in [-0.39, 0.29) is 24.1 Å². The molecule has 2 rings (SSSR count). The van der Waals surface area contributed by atoms with E-state index in [9.17, 15) is 13.2 Å². The van der Waals surface area contributed by atoms with Gasteiger partial charge < -0.3 is 11.1 Å². The van der Waals surface area contributed by atoms with Gasteiger partial charge in [-0.25, -0.2) is 8.42 Å². The van der Waals surface area contributed by atoms with Crippen LogP contribution in [0.4, 0.5) is 0 Å². The van der Waals surface area contributed by atoms with E-state index >= 15 is 0 Å². The topological polar surface area (TPSA) is 89.3 Å². The highest BCUT2D eigenvalue weighted by Crippen LogP contribution is 2.31. The maximum atomic E-state index is 11.9. The summed E-state index contributed by atoms with van der Waals surface area (Å²) in [6.45, 7) is 0.467. The van der Waals surface area contributed by atoms with Gasteiger partial charge in [0, 0.05) is 19.0 Å². The quantitative estimate of drug-likeness (QED) is 0.825. The molecular formula is C12H16N2O3S. The Hall–Kier alpha value is -1.40. The van der Waals surface area contributed by atoms with Gasteiger partial charge >= 0.3 is 0 Å². The molecule has 1 aliphatic rings. The number of benzene rings is 1. The summed E-state index contributed by atoms with van der Waals surface area (Å²) < 4.78 is 23.8. The molecule has 0 fully saturated rings. The van der Waals surface area contributed by atoms with Gasteiger partial charge in [0.15, 0.2) is 9.84 Å². The fourth-order valence-electron chi connectivity index (χ4n) is 2.17. The maximum Gasteiger partial charge on any atom is 0.218 e. The summed E-state index contributed by atoms with van der Waals surface area (Å²) >= 11 is 0. The van der Waals surface area contributed by atoms with E-state index in [0.29, 0.717) is 17.9 Å². The van der Waals surface area contributed by atoms with Gasteiger partial charge in [0.1, 0.15) is 0 Å².